The lowest BCUT2D eigenvalue weighted by Gasteiger charge is -2.13. The number of hydrogen-bond acceptors (Lipinski definition) is 4. The number of anilines is 1. The van der Waals surface area contributed by atoms with Crippen LogP contribution in [0.1, 0.15) is 21.6 Å². The smallest absolute Gasteiger partial charge is 0.274 e. The van der Waals surface area contributed by atoms with Crippen LogP contribution in [-0.2, 0) is 13.1 Å². The van der Waals surface area contributed by atoms with E-state index >= 15 is 0 Å². The molecule has 0 unspecified atom stereocenters. The van der Waals surface area contributed by atoms with Crippen molar-refractivity contribution in [2.75, 3.05) is 5.73 Å². The van der Waals surface area contributed by atoms with E-state index in [1.807, 2.05) is 12.1 Å². The molecule has 0 saturated carbocycles. The van der Waals surface area contributed by atoms with Gasteiger partial charge in [0.25, 0.3) is 5.91 Å². The molecule has 1 aromatic heterocycles. The lowest BCUT2D eigenvalue weighted by atomic mass is 10.1. The summed E-state index contributed by atoms with van der Waals surface area (Å²) in [4.78, 5) is 13.9. The first-order chi connectivity index (χ1) is 8.24. The molecule has 5 heteroatoms. The lowest BCUT2D eigenvalue weighted by molar-refractivity contribution is 0.0747. The maximum atomic E-state index is 12.1. The van der Waals surface area contributed by atoms with E-state index in [-0.39, 0.29) is 5.91 Å². The van der Waals surface area contributed by atoms with E-state index in [4.69, 9.17) is 5.73 Å². The second kappa shape index (κ2) is 3.85. The first-order valence-electron chi connectivity index (χ1n) is 5.32. The number of nitrogens with two attached hydrogens (primary N) is 1. The number of hydrogen-bond donors (Lipinski definition) is 1. The molecule has 86 valence electrons. The van der Waals surface area contributed by atoms with Gasteiger partial charge in [-0.05, 0) is 22.7 Å². The largest absolute Gasteiger partial charge is 0.389 e. The van der Waals surface area contributed by atoms with Crippen LogP contribution in [0, 0.1) is 0 Å². The normalized spacial score (nSPS) is 13.8. The highest BCUT2D eigenvalue weighted by Crippen LogP contribution is 2.24. The number of nitrogens with zero attached hydrogens (tertiary/aromatic N) is 2. The van der Waals surface area contributed by atoms with Gasteiger partial charge >= 0.3 is 0 Å². The summed E-state index contributed by atoms with van der Waals surface area (Å²) in [5.74, 6) is -0.0471. The molecule has 0 aliphatic carbocycles. The van der Waals surface area contributed by atoms with Crippen molar-refractivity contribution < 1.29 is 4.79 Å². The van der Waals surface area contributed by atoms with Crippen LogP contribution in [0.5, 0.6) is 0 Å². The summed E-state index contributed by atoms with van der Waals surface area (Å²) in [6, 6.07) is 9.73. The maximum absolute atomic E-state index is 12.1. The number of rotatable bonds is 1. The van der Waals surface area contributed by atoms with Gasteiger partial charge < -0.3 is 10.6 Å². The van der Waals surface area contributed by atoms with Gasteiger partial charge in [-0.15, -0.1) is 0 Å². The Morgan fingerprint density at radius 1 is 1.29 bits per heavy atom. The summed E-state index contributed by atoms with van der Waals surface area (Å²) < 4.78 is 4.05. The van der Waals surface area contributed by atoms with Crippen molar-refractivity contribution in [3.63, 3.8) is 0 Å². The van der Waals surface area contributed by atoms with Crippen LogP contribution in [-0.4, -0.2) is 15.2 Å². The predicted octanol–water partition coefficient (Wildman–Crippen LogP) is 1.88. The number of benzene rings is 1. The first-order valence-corrected chi connectivity index (χ1v) is 6.09. The SMILES string of the molecule is Nc1cc(C(=O)N2Cc3ccccc3C2)ns1. The van der Waals surface area contributed by atoms with Gasteiger partial charge in [-0.3, -0.25) is 4.79 Å². The molecule has 4 nitrogen and oxygen atoms in total. The van der Waals surface area contributed by atoms with Crippen molar-refractivity contribution in [1.29, 1.82) is 0 Å². The average molecular weight is 245 g/mol. The number of carbonyl (C=O) groups is 1. The molecule has 17 heavy (non-hydrogen) atoms. The second-order valence-corrected chi connectivity index (χ2v) is 4.88. The van der Waals surface area contributed by atoms with Crippen LogP contribution in [0.25, 0.3) is 0 Å². The van der Waals surface area contributed by atoms with Crippen molar-refractivity contribution >= 4 is 22.4 Å². The molecule has 2 aromatic rings. The van der Waals surface area contributed by atoms with Gasteiger partial charge in [0.1, 0.15) is 10.7 Å². The fourth-order valence-electron chi connectivity index (χ4n) is 2.03. The van der Waals surface area contributed by atoms with Crippen LogP contribution < -0.4 is 5.73 Å². The summed E-state index contributed by atoms with van der Waals surface area (Å²) >= 11 is 1.16. The number of amides is 1. The van der Waals surface area contributed by atoms with Gasteiger partial charge in [-0.1, -0.05) is 24.3 Å². The number of carbonyl (C=O) groups excluding carboxylic acids is 1. The highest BCUT2D eigenvalue weighted by molar-refractivity contribution is 7.10. The van der Waals surface area contributed by atoms with E-state index in [1.165, 1.54) is 11.1 Å². The highest BCUT2D eigenvalue weighted by Gasteiger charge is 2.25. The Bertz CT molecular complexity index is 554. The molecule has 1 aromatic carbocycles. The summed E-state index contributed by atoms with van der Waals surface area (Å²) in [5.41, 5.74) is 8.45. The molecule has 0 fully saturated rings. The summed E-state index contributed by atoms with van der Waals surface area (Å²) in [6.07, 6.45) is 0. The van der Waals surface area contributed by atoms with E-state index in [0.29, 0.717) is 23.8 Å². The first kappa shape index (κ1) is 10.3. The van der Waals surface area contributed by atoms with Gasteiger partial charge in [0.05, 0.1) is 0 Å². The Labute approximate surface area is 103 Å². The Balaban J connectivity index is 1.83. The molecule has 0 saturated heterocycles. The topological polar surface area (TPSA) is 59.2 Å². The van der Waals surface area contributed by atoms with Crippen LogP contribution in [0.15, 0.2) is 30.3 Å². The molecule has 0 radical (unpaired) electrons. The van der Waals surface area contributed by atoms with E-state index in [9.17, 15) is 4.79 Å². The van der Waals surface area contributed by atoms with E-state index < -0.39 is 0 Å². The summed E-state index contributed by atoms with van der Waals surface area (Å²) in [6.45, 7) is 1.32. The molecule has 2 heterocycles. The van der Waals surface area contributed by atoms with Crippen LogP contribution in [0.4, 0.5) is 5.00 Å². The molecule has 2 N–H and O–H groups in total. The third-order valence-electron chi connectivity index (χ3n) is 2.88. The summed E-state index contributed by atoms with van der Waals surface area (Å²) in [5, 5.41) is 0.574. The molecular formula is C12H11N3OS. The van der Waals surface area contributed by atoms with Crippen molar-refractivity contribution in [1.82, 2.24) is 9.27 Å². The zero-order valence-corrected chi connectivity index (χ0v) is 9.91. The van der Waals surface area contributed by atoms with E-state index in [2.05, 4.69) is 16.5 Å². The molecule has 0 bridgehead atoms. The Morgan fingerprint density at radius 3 is 2.47 bits per heavy atom. The monoisotopic (exact) mass is 245 g/mol. The number of fused-ring (bicyclic) bond motifs is 1. The zero-order chi connectivity index (χ0) is 11.8. The number of nitrogen functional groups attached to an aromatic ring is 1. The lowest BCUT2D eigenvalue weighted by Crippen LogP contribution is -2.25. The molecule has 1 aliphatic heterocycles. The average Bonchev–Trinajstić information content (AvgIpc) is 2.93. The Hall–Kier alpha value is -1.88. The van der Waals surface area contributed by atoms with Gasteiger partial charge in [0.15, 0.2) is 0 Å². The van der Waals surface area contributed by atoms with Gasteiger partial charge in [-0.25, -0.2) is 0 Å². The zero-order valence-electron chi connectivity index (χ0n) is 9.09. The van der Waals surface area contributed by atoms with Crippen molar-refractivity contribution in [2.24, 2.45) is 0 Å². The van der Waals surface area contributed by atoms with Crippen molar-refractivity contribution in [3.05, 3.63) is 47.2 Å². The van der Waals surface area contributed by atoms with Gasteiger partial charge in [0, 0.05) is 19.2 Å². The quantitative estimate of drug-likeness (QED) is 0.834. The highest BCUT2D eigenvalue weighted by atomic mass is 32.1. The fraction of sp³-hybridized carbons (Fsp3) is 0.167. The van der Waals surface area contributed by atoms with Gasteiger partial charge in [-0.2, -0.15) is 4.37 Å². The van der Waals surface area contributed by atoms with Crippen LogP contribution in [0.3, 0.4) is 0 Å². The third-order valence-corrected chi connectivity index (χ3v) is 3.49. The standard InChI is InChI=1S/C12H11N3OS/c13-11-5-10(14-17-11)12(16)15-6-8-3-1-2-4-9(8)7-15/h1-5H,6-7,13H2. The maximum Gasteiger partial charge on any atom is 0.274 e. The second-order valence-electron chi connectivity index (χ2n) is 4.04. The molecule has 0 atom stereocenters. The van der Waals surface area contributed by atoms with Crippen molar-refractivity contribution in [3.8, 4) is 0 Å². The molecule has 1 amide bonds. The molecule has 1 aliphatic rings. The van der Waals surface area contributed by atoms with Crippen LogP contribution >= 0.6 is 11.5 Å². The minimum absolute atomic E-state index is 0.0471. The van der Waals surface area contributed by atoms with Crippen molar-refractivity contribution in [2.45, 2.75) is 13.1 Å². The fourth-order valence-corrected chi connectivity index (χ4v) is 2.53. The minimum atomic E-state index is -0.0471. The Kier molecular flexibility index (Phi) is 2.33. The van der Waals surface area contributed by atoms with Gasteiger partial charge in [0.2, 0.25) is 0 Å². The number of aromatic nitrogens is 1. The molecule has 3 rings (SSSR count). The van der Waals surface area contributed by atoms with E-state index in [0.717, 1.165) is 11.5 Å². The Morgan fingerprint density at radius 2 is 1.94 bits per heavy atom. The summed E-state index contributed by atoms with van der Waals surface area (Å²) in [7, 11) is 0. The van der Waals surface area contributed by atoms with Crippen LogP contribution in [0.2, 0.25) is 0 Å². The minimum Gasteiger partial charge on any atom is -0.389 e. The predicted molar refractivity (Wildman–Crippen MR) is 66.5 cm³/mol. The third kappa shape index (κ3) is 1.78. The molecular weight excluding hydrogens is 234 g/mol. The van der Waals surface area contributed by atoms with E-state index in [1.54, 1.807) is 11.0 Å². The molecule has 0 spiro atoms.